The molecule has 5 aliphatic rings. The molecule has 0 aliphatic heterocycles. The van der Waals surface area contributed by atoms with Gasteiger partial charge in [-0.2, -0.15) is 5.10 Å². The maximum Gasteiger partial charge on any atom is 0.272 e. The van der Waals surface area contributed by atoms with Gasteiger partial charge in [0.15, 0.2) is 5.69 Å². The van der Waals surface area contributed by atoms with Crippen LogP contribution in [-0.4, -0.2) is 21.2 Å². The summed E-state index contributed by atoms with van der Waals surface area (Å²) < 4.78 is 1.90. The number of carbonyl (C=O) groups excluding carboxylic acids is 1. The Morgan fingerprint density at radius 1 is 1.03 bits per heavy atom. The van der Waals surface area contributed by atoms with Crippen LogP contribution in [0.4, 0.5) is 0 Å². The van der Waals surface area contributed by atoms with Gasteiger partial charge in [-0.25, -0.2) is 4.68 Å². The van der Waals surface area contributed by atoms with Crippen molar-refractivity contribution in [1.82, 2.24) is 15.1 Å². The molecule has 1 heterocycles. The second kappa shape index (κ2) is 6.49. The quantitative estimate of drug-likeness (QED) is 0.712. The lowest BCUT2D eigenvalue weighted by atomic mass is 9.53. The number of hydrogen-bond acceptors (Lipinski definition) is 2. The van der Waals surface area contributed by atoms with Gasteiger partial charge in [0.1, 0.15) is 0 Å². The number of hydrogen-bond donors (Lipinski definition) is 1. The Labute approximate surface area is 180 Å². The lowest BCUT2D eigenvalue weighted by Crippen LogP contribution is -2.60. The molecule has 4 fully saturated rings. The highest BCUT2D eigenvalue weighted by atomic mass is 35.5. The first-order valence-corrected chi connectivity index (χ1v) is 11.6. The number of halogens is 2. The van der Waals surface area contributed by atoms with Crippen molar-refractivity contribution in [3.8, 4) is 5.69 Å². The largest absolute Gasteiger partial charge is 0.345 e. The van der Waals surface area contributed by atoms with E-state index in [1.807, 2.05) is 16.8 Å². The summed E-state index contributed by atoms with van der Waals surface area (Å²) in [6.45, 7) is 0. The molecule has 0 unspecified atom stereocenters. The monoisotopic (exact) mass is 429 g/mol. The van der Waals surface area contributed by atoms with Gasteiger partial charge in [0.2, 0.25) is 0 Å². The van der Waals surface area contributed by atoms with Gasteiger partial charge in [0.25, 0.3) is 5.91 Å². The van der Waals surface area contributed by atoms with Gasteiger partial charge in [-0.05, 0) is 93.7 Å². The van der Waals surface area contributed by atoms with Gasteiger partial charge in [-0.3, -0.25) is 4.79 Å². The van der Waals surface area contributed by atoms with Crippen molar-refractivity contribution >= 4 is 29.1 Å². The maximum atomic E-state index is 13.4. The highest BCUT2D eigenvalue weighted by Crippen LogP contribution is 2.55. The molecule has 152 valence electrons. The lowest BCUT2D eigenvalue weighted by Gasteiger charge is -2.56. The minimum absolute atomic E-state index is 0.00464. The van der Waals surface area contributed by atoms with Crippen LogP contribution in [0.5, 0.6) is 0 Å². The third kappa shape index (κ3) is 2.94. The zero-order valence-electron chi connectivity index (χ0n) is 16.4. The smallest absolute Gasteiger partial charge is 0.272 e. The van der Waals surface area contributed by atoms with Crippen molar-refractivity contribution in [2.75, 3.05) is 0 Å². The lowest BCUT2D eigenvalue weighted by molar-refractivity contribution is -0.0168. The van der Waals surface area contributed by atoms with E-state index in [1.54, 1.807) is 6.07 Å². The Morgan fingerprint density at radius 3 is 2.38 bits per heavy atom. The summed E-state index contributed by atoms with van der Waals surface area (Å²) in [4.78, 5) is 13.4. The van der Waals surface area contributed by atoms with E-state index in [2.05, 4.69) is 5.32 Å². The zero-order valence-corrected chi connectivity index (χ0v) is 17.9. The summed E-state index contributed by atoms with van der Waals surface area (Å²) in [5, 5.41) is 9.30. The molecule has 0 radical (unpaired) electrons. The summed E-state index contributed by atoms with van der Waals surface area (Å²) in [5.41, 5.74) is 3.73. The number of rotatable bonds is 3. The second-order valence-corrected chi connectivity index (χ2v) is 10.6. The molecular weight excluding hydrogens is 405 g/mol. The fraction of sp³-hybridized carbons (Fsp3) is 0.565. The number of nitrogens with zero attached hydrogens (tertiary/aromatic N) is 2. The fourth-order valence-corrected chi connectivity index (χ4v) is 7.31. The Bertz CT molecular complexity index is 977. The van der Waals surface area contributed by atoms with Gasteiger partial charge in [-0.1, -0.05) is 23.2 Å². The Hall–Kier alpha value is -1.52. The molecule has 2 aromatic rings. The van der Waals surface area contributed by atoms with Crippen LogP contribution in [0.1, 0.15) is 66.7 Å². The van der Waals surface area contributed by atoms with E-state index in [4.69, 9.17) is 28.3 Å². The molecule has 29 heavy (non-hydrogen) atoms. The summed E-state index contributed by atoms with van der Waals surface area (Å²) in [6.07, 6.45) is 10.5. The minimum atomic E-state index is 0.00464. The maximum absolute atomic E-state index is 13.4. The Morgan fingerprint density at radius 2 is 1.72 bits per heavy atom. The Kier molecular flexibility index (Phi) is 4.09. The van der Waals surface area contributed by atoms with Crippen LogP contribution in [0.3, 0.4) is 0 Å². The van der Waals surface area contributed by atoms with E-state index in [0.29, 0.717) is 15.7 Å². The van der Waals surface area contributed by atoms with Gasteiger partial charge < -0.3 is 5.32 Å². The van der Waals surface area contributed by atoms with E-state index in [1.165, 1.54) is 19.3 Å². The average Bonchev–Trinajstić information content (AvgIpc) is 3.25. The van der Waals surface area contributed by atoms with Crippen molar-refractivity contribution in [3.63, 3.8) is 0 Å². The van der Waals surface area contributed by atoms with E-state index >= 15 is 0 Å². The van der Waals surface area contributed by atoms with Crippen LogP contribution >= 0.6 is 23.2 Å². The van der Waals surface area contributed by atoms with Crippen molar-refractivity contribution in [3.05, 3.63) is 45.2 Å². The van der Waals surface area contributed by atoms with Crippen molar-refractivity contribution in [2.45, 2.75) is 63.3 Å². The summed E-state index contributed by atoms with van der Waals surface area (Å²) in [6, 6.07) is 5.54. The van der Waals surface area contributed by atoms with Gasteiger partial charge >= 0.3 is 0 Å². The van der Waals surface area contributed by atoms with Crippen LogP contribution < -0.4 is 5.32 Å². The van der Waals surface area contributed by atoms with E-state index < -0.39 is 0 Å². The third-order valence-electron chi connectivity index (χ3n) is 7.71. The molecule has 0 atom stereocenters. The molecule has 0 saturated heterocycles. The van der Waals surface area contributed by atoms with Crippen LogP contribution in [0.2, 0.25) is 10.0 Å². The number of amides is 1. The number of nitrogens with one attached hydrogen (secondary N) is 1. The normalized spacial score (nSPS) is 31.9. The van der Waals surface area contributed by atoms with Gasteiger partial charge in [0, 0.05) is 16.8 Å². The Balaban J connectivity index is 1.33. The molecule has 6 heteroatoms. The van der Waals surface area contributed by atoms with E-state index in [-0.39, 0.29) is 11.4 Å². The molecule has 7 rings (SSSR count). The molecule has 4 bridgehead atoms. The predicted octanol–water partition coefficient (Wildman–Crippen LogP) is 5.37. The number of benzene rings is 1. The average molecular weight is 430 g/mol. The predicted molar refractivity (Wildman–Crippen MR) is 114 cm³/mol. The van der Waals surface area contributed by atoms with Gasteiger partial charge in [-0.15, -0.1) is 0 Å². The van der Waals surface area contributed by atoms with Crippen LogP contribution in [0, 0.1) is 17.8 Å². The van der Waals surface area contributed by atoms with Crippen LogP contribution in [0.25, 0.3) is 5.69 Å². The topological polar surface area (TPSA) is 46.9 Å². The zero-order chi connectivity index (χ0) is 19.8. The molecule has 1 aromatic carbocycles. The molecular formula is C23H25Cl2N3O. The first-order chi connectivity index (χ1) is 14.0. The molecule has 5 aliphatic carbocycles. The fourth-order valence-electron chi connectivity index (χ4n) is 7.01. The highest BCUT2D eigenvalue weighted by molar-refractivity contribution is 6.42. The van der Waals surface area contributed by atoms with E-state index in [9.17, 15) is 4.79 Å². The second-order valence-electron chi connectivity index (χ2n) is 9.79. The third-order valence-corrected chi connectivity index (χ3v) is 8.45. The SMILES string of the molecule is O=C(NC12CC3CC(CC(C3)C1)C2)c1nn(-c2ccc(Cl)c(Cl)c2)c2c1CCC2. The van der Waals surface area contributed by atoms with Crippen LogP contribution in [0.15, 0.2) is 18.2 Å². The van der Waals surface area contributed by atoms with Crippen molar-refractivity contribution < 1.29 is 4.79 Å². The van der Waals surface area contributed by atoms with Gasteiger partial charge in [0.05, 0.1) is 15.7 Å². The van der Waals surface area contributed by atoms with Crippen LogP contribution in [-0.2, 0) is 12.8 Å². The molecule has 1 N–H and O–H groups in total. The molecule has 0 spiro atoms. The van der Waals surface area contributed by atoms with E-state index in [0.717, 1.165) is 73.2 Å². The first-order valence-electron chi connectivity index (χ1n) is 10.9. The standard InChI is InChI=1S/C23H25Cl2N3O/c24-18-5-4-16(9-19(18)25)28-20-3-1-2-17(20)21(27-28)22(29)26-23-10-13-6-14(11-23)8-15(7-13)12-23/h4-5,9,13-15H,1-3,6-8,10-12H2,(H,26,29). The van der Waals surface area contributed by atoms with Crippen molar-refractivity contribution in [1.29, 1.82) is 0 Å². The summed E-state index contributed by atoms with van der Waals surface area (Å²) >= 11 is 12.3. The first kappa shape index (κ1) is 18.3. The molecule has 1 aromatic heterocycles. The molecule has 4 nitrogen and oxygen atoms in total. The summed E-state index contributed by atoms with van der Waals surface area (Å²) in [7, 11) is 0. The van der Waals surface area contributed by atoms with Crippen molar-refractivity contribution in [2.24, 2.45) is 17.8 Å². The summed E-state index contributed by atoms with van der Waals surface area (Å²) in [5.74, 6) is 2.44. The minimum Gasteiger partial charge on any atom is -0.345 e. The highest BCUT2D eigenvalue weighted by Gasteiger charge is 2.51. The number of fused-ring (bicyclic) bond motifs is 1. The molecule has 4 saturated carbocycles. The number of aromatic nitrogens is 2. The number of carbonyl (C=O) groups is 1. The molecule has 1 amide bonds.